The Morgan fingerprint density at radius 1 is 1.45 bits per heavy atom. The van der Waals surface area contributed by atoms with Gasteiger partial charge in [0.2, 0.25) is 0 Å². The van der Waals surface area contributed by atoms with Crippen molar-refractivity contribution in [1.82, 2.24) is 9.55 Å². The highest BCUT2D eigenvalue weighted by atomic mass is 17.0. The molecule has 22 heavy (non-hydrogen) atoms. The summed E-state index contributed by atoms with van der Waals surface area (Å²) >= 11 is 0. The van der Waals surface area contributed by atoms with Crippen LogP contribution in [-0.2, 0) is 11.3 Å². The molecular formula is C15H17N3O4. The maximum absolute atomic E-state index is 11.6. The molecule has 0 bridgehead atoms. The van der Waals surface area contributed by atoms with E-state index in [-0.39, 0.29) is 11.5 Å². The van der Waals surface area contributed by atoms with Crippen molar-refractivity contribution in [2.75, 3.05) is 0 Å². The maximum atomic E-state index is 11.6. The molecule has 0 saturated heterocycles. The lowest BCUT2D eigenvalue weighted by molar-refractivity contribution is -0.727. The first-order valence-electron chi connectivity index (χ1n) is 6.97. The molecule has 0 fully saturated rings. The molecular weight excluding hydrogens is 286 g/mol. The zero-order valence-corrected chi connectivity index (χ0v) is 12.6. The number of benzene rings is 1. The van der Waals surface area contributed by atoms with Crippen LogP contribution in [0.2, 0.25) is 0 Å². The summed E-state index contributed by atoms with van der Waals surface area (Å²) in [5.74, 6) is 0.190. The van der Waals surface area contributed by atoms with Crippen LogP contribution in [0.3, 0.4) is 0 Å². The number of imidazole rings is 1. The van der Waals surface area contributed by atoms with E-state index in [0.29, 0.717) is 6.42 Å². The molecule has 0 amide bonds. The first kappa shape index (κ1) is 15.7. The zero-order valence-electron chi connectivity index (χ0n) is 12.6. The number of aryl methyl sites for hydroxylation is 1. The second-order valence-electron chi connectivity index (χ2n) is 5.11. The largest absolute Gasteiger partial charge is 0.334 e. The summed E-state index contributed by atoms with van der Waals surface area (Å²) in [5, 5.41) is 9.16. The van der Waals surface area contributed by atoms with E-state index in [0.717, 1.165) is 17.1 Å². The molecule has 1 aromatic heterocycles. The van der Waals surface area contributed by atoms with Crippen LogP contribution in [0.25, 0.3) is 5.69 Å². The van der Waals surface area contributed by atoms with Crippen molar-refractivity contribution in [1.29, 1.82) is 0 Å². The highest BCUT2D eigenvalue weighted by Crippen LogP contribution is 2.23. The molecule has 0 atom stereocenters. The Morgan fingerprint density at radius 3 is 2.77 bits per heavy atom. The van der Waals surface area contributed by atoms with Gasteiger partial charge in [-0.2, -0.15) is 0 Å². The van der Waals surface area contributed by atoms with Gasteiger partial charge in [-0.1, -0.05) is 20.8 Å². The Balaban J connectivity index is 2.44. The summed E-state index contributed by atoms with van der Waals surface area (Å²) in [4.78, 5) is 30.2. The van der Waals surface area contributed by atoms with Crippen LogP contribution in [0, 0.1) is 10.1 Å². The minimum absolute atomic E-state index is 0.156. The normalized spacial score (nSPS) is 10.7. The molecule has 7 heteroatoms. The van der Waals surface area contributed by atoms with E-state index in [9.17, 15) is 14.9 Å². The van der Waals surface area contributed by atoms with Crippen LogP contribution in [0.15, 0.2) is 30.6 Å². The predicted octanol–water partition coefficient (Wildman–Crippen LogP) is 2.91. The molecule has 2 aromatic rings. The molecule has 0 radical (unpaired) electrons. The lowest BCUT2D eigenvalue weighted by Gasteiger charge is -2.15. The lowest BCUT2D eigenvalue weighted by Crippen LogP contribution is -2.12. The van der Waals surface area contributed by atoms with Gasteiger partial charge >= 0.3 is 11.1 Å². The Labute approximate surface area is 127 Å². The van der Waals surface area contributed by atoms with E-state index in [1.165, 1.54) is 6.07 Å². The molecule has 2 rings (SSSR count). The van der Waals surface area contributed by atoms with Crippen molar-refractivity contribution in [3.63, 3.8) is 0 Å². The fraction of sp³-hybridized carbons (Fsp3) is 0.333. The van der Waals surface area contributed by atoms with E-state index in [4.69, 9.17) is 0 Å². The third-order valence-electron chi connectivity index (χ3n) is 3.30. The van der Waals surface area contributed by atoms with Gasteiger partial charge in [0.05, 0.1) is 0 Å². The van der Waals surface area contributed by atoms with Crippen molar-refractivity contribution < 1.29 is 14.7 Å². The van der Waals surface area contributed by atoms with Gasteiger partial charge in [0.1, 0.15) is 5.82 Å². The Bertz CT molecular complexity index is 707. The van der Waals surface area contributed by atoms with Gasteiger partial charge in [0.15, 0.2) is 0 Å². The average molecular weight is 303 g/mol. The summed E-state index contributed by atoms with van der Waals surface area (Å²) in [5.41, 5.74) is 1.95. The van der Waals surface area contributed by atoms with Crippen LogP contribution in [0.5, 0.6) is 0 Å². The molecule has 1 heterocycles. The Hall–Kier alpha value is -2.70. The van der Waals surface area contributed by atoms with Crippen LogP contribution < -0.4 is 0 Å². The van der Waals surface area contributed by atoms with E-state index in [1.54, 1.807) is 18.3 Å². The van der Waals surface area contributed by atoms with Gasteiger partial charge < -0.3 is 4.57 Å². The van der Waals surface area contributed by atoms with Gasteiger partial charge in [-0.25, -0.2) is 9.82 Å². The molecule has 0 N–H and O–H groups in total. The van der Waals surface area contributed by atoms with E-state index >= 15 is 0 Å². The Morgan fingerprint density at radius 2 is 2.18 bits per heavy atom. The van der Waals surface area contributed by atoms with Gasteiger partial charge in [-0.15, -0.1) is 10.1 Å². The Kier molecular flexibility index (Phi) is 4.55. The second kappa shape index (κ2) is 6.38. The number of rotatable bonds is 5. The van der Waals surface area contributed by atoms with Gasteiger partial charge in [0.25, 0.3) is 0 Å². The standard InChI is InChI=1S/C15H17N3O4/c1-4-11-9-12(15(19)22-18(20)21)5-6-13(11)17-8-7-16-14(17)10(2)3/h5-10H,4H2,1-3H3. The lowest BCUT2D eigenvalue weighted by atomic mass is 10.1. The summed E-state index contributed by atoms with van der Waals surface area (Å²) in [7, 11) is 0. The fourth-order valence-electron chi connectivity index (χ4n) is 2.30. The van der Waals surface area contributed by atoms with Crippen molar-refractivity contribution in [3.05, 3.63) is 57.7 Å². The number of carbonyl (C=O) groups is 1. The van der Waals surface area contributed by atoms with Crippen LogP contribution in [0.4, 0.5) is 0 Å². The zero-order chi connectivity index (χ0) is 16.3. The number of carbonyl (C=O) groups excluding carboxylic acids is 1. The van der Waals surface area contributed by atoms with Gasteiger partial charge in [0, 0.05) is 29.6 Å². The summed E-state index contributed by atoms with van der Waals surface area (Å²) in [6.45, 7) is 6.05. The molecule has 0 aliphatic heterocycles. The van der Waals surface area contributed by atoms with Crippen molar-refractivity contribution in [3.8, 4) is 5.69 Å². The first-order valence-corrected chi connectivity index (χ1v) is 6.97. The van der Waals surface area contributed by atoms with E-state index in [1.807, 2.05) is 31.5 Å². The molecule has 0 aliphatic carbocycles. The number of hydrogen-bond donors (Lipinski definition) is 0. The molecule has 7 nitrogen and oxygen atoms in total. The van der Waals surface area contributed by atoms with Gasteiger partial charge in [-0.05, 0) is 30.2 Å². The minimum Gasteiger partial charge on any atom is -0.303 e. The fourth-order valence-corrected chi connectivity index (χ4v) is 2.30. The van der Waals surface area contributed by atoms with E-state index in [2.05, 4.69) is 9.82 Å². The van der Waals surface area contributed by atoms with E-state index < -0.39 is 11.1 Å². The topological polar surface area (TPSA) is 87.3 Å². The van der Waals surface area contributed by atoms with Crippen LogP contribution in [-0.4, -0.2) is 20.6 Å². The molecule has 1 aromatic carbocycles. The van der Waals surface area contributed by atoms with Gasteiger partial charge in [-0.3, -0.25) is 4.79 Å². The maximum Gasteiger partial charge on any atom is 0.334 e. The molecule has 0 spiro atoms. The quantitative estimate of drug-likeness (QED) is 0.626. The summed E-state index contributed by atoms with van der Waals surface area (Å²) < 4.78 is 1.96. The van der Waals surface area contributed by atoms with Crippen molar-refractivity contribution in [2.24, 2.45) is 0 Å². The molecule has 116 valence electrons. The third kappa shape index (κ3) is 3.13. The predicted molar refractivity (Wildman–Crippen MR) is 79.4 cm³/mol. The molecule has 0 unspecified atom stereocenters. The average Bonchev–Trinajstić information content (AvgIpc) is 2.95. The third-order valence-corrected chi connectivity index (χ3v) is 3.30. The van der Waals surface area contributed by atoms with Crippen LogP contribution >= 0.6 is 0 Å². The summed E-state index contributed by atoms with van der Waals surface area (Å²) in [6, 6.07) is 4.89. The minimum atomic E-state index is -1.10. The van der Waals surface area contributed by atoms with Crippen molar-refractivity contribution >= 4 is 5.97 Å². The first-order chi connectivity index (χ1) is 10.4. The number of hydrogen-bond acceptors (Lipinski definition) is 5. The monoisotopic (exact) mass is 303 g/mol. The highest BCUT2D eigenvalue weighted by molar-refractivity contribution is 5.89. The second-order valence-corrected chi connectivity index (χ2v) is 5.11. The summed E-state index contributed by atoms with van der Waals surface area (Å²) in [6.07, 6.45) is 4.26. The van der Waals surface area contributed by atoms with Crippen molar-refractivity contribution in [2.45, 2.75) is 33.1 Å². The SMILES string of the molecule is CCc1cc(C(=O)O[N+](=O)[O-])ccc1-n1ccnc1C(C)C. The molecule has 0 aliphatic rings. The van der Waals surface area contributed by atoms with Crippen LogP contribution in [0.1, 0.15) is 48.4 Å². The smallest absolute Gasteiger partial charge is 0.303 e. The molecule has 0 saturated carbocycles. The highest BCUT2D eigenvalue weighted by Gasteiger charge is 2.15. The number of nitrogens with zero attached hydrogens (tertiary/aromatic N) is 3. The number of aromatic nitrogens is 2.